The molecule has 8 aromatic rings. The Labute approximate surface area is 402 Å². The van der Waals surface area contributed by atoms with Crippen LogP contribution in [0.2, 0.25) is 11.6 Å². The van der Waals surface area contributed by atoms with Gasteiger partial charge in [0.25, 0.3) is 0 Å². The molecular formula is C64H52B2N2. The molecule has 0 N–H and O–H groups in total. The van der Waals surface area contributed by atoms with Gasteiger partial charge in [0.05, 0.1) is 11.4 Å². The zero-order valence-electron chi connectivity index (χ0n) is 38.6. The van der Waals surface area contributed by atoms with E-state index in [9.17, 15) is 0 Å². The van der Waals surface area contributed by atoms with Crippen LogP contribution in [-0.4, -0.2) is 13.4 Å². The molecule has 0 saturated heterocycles. The Morgan fingerprint density at radius 2 is 0.765 bits per heavy atom. The summed E-state index contributed by atoms with van der Waals surface area (Å²) in [5.74, 6) is 0.968. The molecule has 4 heteroatoms. The van der Waals surface area contributed by atoms with E-state index in [0.29, 0.717) is 0 Å². The van der Waals surface area contributed by atoms with Gasteiger partial charge in [0.2, 0.25) is 13.4 Å². The monoisotopic (exact) mass is 870 g/mol. The van der Waals surface area contributed by atoms with Crippen LogP contribution in [0.3, 0.4) is 0 Å². The fraction of sp³-hybridized carbons (Fsp3) is 0.125. The van der Waals surface area contributed by atoms with Gasteiger partial charge in [-0.1, -0.05) is 230 Å². The zero-order chi connectivity index (χ0) is 45.4. The molecule has 3 aliphatic heterocycles. The number of anilines is 6. The number of hydrogen-bond acceptors (Lipinski definition) is 2. The van der Waals surface area contributed by atoms with Gasteiger partial charge in [0.1, 0.15) is 0 Å². The highest BCUT2D eigenvalue weighted by atomic mass is 15.2. The van der Waals surface area contributed by atoms with Crippen molar-refractivity contribution in [3.8, 4) is 0 Å². The van der Waals surface area contributed by atoms with Gasteiger partial charge in [-0.05, 0) is 106 Å². The number of fused-ring (bicyclic) bond motifs is 10. The average Bonchev–Trinajstić information content (AvgIpc) is 3.40. The maximum absolute atomic E-state index is 2.57. The average molecular weight is 871 g/mol. The van der Waals surface area contributed by atoms with Crippen LogP contribution in [0.4, 0.5) is 34.1 Å². The van der Waals surface area contributed by atoms with E-state index >= 15 is 0 Å². The number of rotatable bonds is 6. The summed E-state index contributed by atoms with van der Waals surface area (Å²) in [4.78, 5) is 4.84. The minimum absolute atomic E-state index is 0.0983. The fourth-order valence-corrected chi connectivity index (χ4v) is 13.6. The van der Waals surface area contributed by atoms with Crippen molar-refractivity contribution < 1.29 is 0 Å². The number of benzene rings is 8. The fourth-order valence-electron chi connectivity index (χ4n) is 13.6. The lowest BCUT2D eigenvalue weighted by Gasteiger charge is -2.59. The van der Waals surface area contributed by atoms with E-state index in [0.717, 1.165) is 17.1 Å². The van der Waals surface area contributed by atoms with Crippen LogP contribution in [0.15, 0.2) is 255 Å². The van der Waals surface area contributed by atoms with Crippen LogP contribution >= 0.6 is 0 Å². The molecule has 5 aliphatic rings. The van der Waals surface area contributed by atoms with E-state index in [-0.39, 0.29) is 47.7 Å². The number of nitrogens with zero attached hydrogens (tertiary/aromatic N) is 2. The highest BCUT2D eigenvalue weighted by molar-refractivity contribution is 6.88. The lowest BCUT2D eigenvalue weighted by molar-refractivity contribution is 0.281. The largest absolute Gasteiger partial charge is 0.311 e. The Hall–Kier alpha value is -7.55. The van der Waals surface area contributed by atoms with Crippen LogP contribution in [0.5, 0.6) is 0 Å². The van der Waals surface area contributed by atoms with Gasteiger partial charge in [0.15, 0.2) is 0 Å². The molecule has 13 rings (SSSR count). The predicted octanol–water partition coefficient (Wildman–Crippen LogP) is 13.0. The topological polar surface area (TPSA) is 6.48 Å². The third kappa shape index (κ3) is 6.06. The molecule has 5 atom stereocenters. The molecule has 2 aliphatic carbocycles. The predicted molar refractivity (Wildman–Crippen MR) is 289 cm³/mol. The van der Waals surface area contributed by atoms with Crippen molar-refractivity contribution >= 4 is 69.4 Å². The van der Waals surface area contributed by atoms with E-state index in [1.54, 1.807) is 0 Å². The summed E-state index contributed by atoms with van der Waals surface area (Å²) in [6.07, 6.45) is 19.5. The molecule has 0 bridgehead atoms. The van der Waals surface area contributed by atoms with Crippen molar-refractivity contribution in [1.29, 1.82) is 0 Å². The summed E-state index contributed by atoms with van der Waals surface area (Å²) < 4.78 is 0. The molecule has 1 spiro atoms. The van der Waals surface area contributed by atoms with Crippen molar-refractivity contribution in [3.63, 3.8) is 0 Å². The van der Waals surface area contributed by atoms with Crippen LogP contribution in [0.1, 0.15) is 36.1 Å². The van der Waals surface area contributed by atoms with Gasteiger partial charge < -0.3 is 9.80 Å². The molecule has 0 aromatic heterocycles. The molecule has 0 radical (unpaired) electrons. The SMILES string of the molecule is CC1(C)c2ccccc2N(c2ccc(B3c4ccccc4C4(c5ccccc5B(c5ccc(N(c6ccccc6)c6ccccc6)cc5)C5C=CC=CC54)C4C=CC=CC34)cc2)c2ccccc21. The second-order valence-corrected chi connectivity index (χ2v) is 19.9. The van der Waals surface area contributed by atoms with Gasteiger partial charge in [-0.2, -0.15) is 0 Å². The smallest absolute Gasteiger partial charge is 0.217 e. The molecule has 0 amide bonds. The maximum Gasteiger partial charge on any atom is 0.217 e. The minimum Gasteiger partial charge on any atom is -0.311 e. The van der Waals surface area contributed by atoms with Gasteiger partial charge >= 0.3 is 0 Å². The van der Waals surface area contributed by atoms with Crippen molar-refractivity contribution in [2.75, 3.05) is 9.80 Å². The van der Waals surface area contributed by atoms with Gasteiger partial charge in [-0.25, -0.2) is 0 Å². The summed E-state index contributed by atoms with van der Waals surface area (Å²) in [6.45, 7) is 5.09. The van der Waals surface area contributed by atoms with E-state index in [1.165, 1.54) is 61.2 Å². The van der Waals surface area contributed by atoms with Crippen LogP contribution < -0.4 is 31.7 Å². The second kappa shape index (κ2) is 16.1. The minimum atomic E-state index is -0.288. The molecule has 8 aromatic carbocycles. The Balaban J connectivity index is 0.929. The van der Waals surface area contributed by atoms with Crippen molar-refractivity contribution in [1.82, 2.24) is 0 Å². The normalized spacial score (nSPS) is 22.1. The Morgan fingerprint density at radius 1 is 0.382 bits per heavy atom. The number of para-hydroxylation sites is 4. The maximum atomic E-state index is 2.57. The number of hydrogen-bond donors (Lipinski definition) is 0. The zero-order valence-corrected chi connectivity index (χ0v) is 38.6. The lowest BCUT2D eigenvalue weighted by atomic mass is 9.19. The first kappa shape index (κ1) is 40.7. The quantitative estimate of drug-likeness (QED) is 0.154. The first-order valence-corrected chi connectivity index (χ1v) is 24.5. The summed E-state index contributed by atoms with van der Waals surface area (Å²) in [5, 5.41) is 0. The standard InChI is InChI=1S/C64H52B2N2/c1-63(2)55-29-13-19-35-61(55)68(62-36-20-14-30-56(62)63)50-43-39-46(40-44-50)66-59-33-17-11-27-53(59)64(54-28-12-18-34-60(54)66)51-25-9-15-31-57(51)65(58-32-16-10-26-52(58)64)45-37-41-49(42-38-45)67(47-21-5-3-6-22-47)48-23-7-4-8-24-48/h3-44,51,53,57,59H,1-2H3. The molecule has 0 saturated carbocycles. The molecule has 324 valence electrons. The third-order valence-corrected chi connectivity index (χ3v) is 16.3. The van der Waals surface area contributed by atoms with E-state index in [2.05, 4.69) is 279 Å². The Morgan fingerprint density at radius 3 is 1.25 bits per heavy atom. The second-order valence-electron chi connectivity index (χ2n) is 19.9. The molecule has 0 fully saturated rings. The summed E-state index contributed by atoms with van der Waals surface area (Å²) >= 11 is 0. The van der Waals surface area contributed by atoms with Crippen LogP contribution in [-0.2, 0) is 10.8 Å². The molecule has 68 heavy (non-hydrogen) atoms. The summed E-state index contributed by atoms with van der Waals surface area (Å²) in [6, 6.07) is 77.4. The molecule has 2 nitrogen and oxygen atoms in total. The Kier molecular flexibility index (Phi) is 9.61. The van der Waals surface area contributed by atoms with Gasteiger partial charge in [-0.3, -0.25) is 0 Å². The van der Waals surface area contributed by atoms with Gasteiger partial charge in [-0.15, -0.1) is 0 Å². The Bertz CT molecular complexity index is 3230. The van der Waals surface area contributed by atoms with E-state index < -0.39 is 0 Å². The van der Waals surface area contributed by atoms with Crippen molar-refractivity contribution in [2.45, 2.75) is 36.3 Å². The summed E-state index contributed by atoms with van der Waals surface area (Å²) in [7, 11) is 0. The van der Waals surface area contributed by atoms with Crippen molar-refractivity contribution in [3.05, 3.63) is 277 Å². The highest BCUT2D eigenvalue weighted by Gasteiger charge is 2.61. The van der Waals surface area contributed by atoms with E-state index in [1.807, 2.05) is 0 Å². The van der Waals surface area contributed by atoms with Gasteiger partial charge in [0, 0.05) is 33.6 Å². The van der Waals surface area contributed by atoms with Crippen LogP contribution in [0, 0.1) is 11.8 Å². The molecule has 5 unspecified atom stereocenters. The summed E-state index contributed by atoms with van der Waals surface area (Å²) in [5.41, 5.74) is 18.0. The third-order valence-electron chi connectivity index (χ3n) is 16.3. The molecule has 3 heterocycles. The first-order chi connectivity index (χ1) is 33.5. The first-order valence-electron chi connectivity index (χ1n) is 24.5. The molecular weight excluding hydrogens is 818 g/mol. The highest BCUT2D eigenvalue weighted by Crippen LogP contribution is 2.60. The lowest BCUT2D eigenvalue weighted by Crippen LogP contribution is -2.67. The van der Waals surface area contributed by atoms with Crippen LogP contribution in [0.25, 0.3) is 0 Å². The van der Waals surface area contributed by atoms with E-state index in [4.69, 9.17) is 0 Å². The number of allylic oxidation sites excluding steroid dienone is 8. The van der Waals surface area contributed by atoms with Crippen molar-refractivity contribution in [2.24, 2.45) is 11.8 Å².